The quantitative estimate of drug-likeness (QED) is 0.0357. The van der Waals surface area contributed by atoms with Crippen LogP contribution in [-0.2, 0) is 18.4 Å². The van der Waals surface area contributed by atoms with Crippen molar-refractivity contribution >= 4 is 13.7 Å². The second-order valence-electron chi connectivity index (χ2n) is 23.1. The van der Waals surface area contributed by atoms with Crippen LogP contribution >= 0.6 is 7.82 Å². The van der Waals surface area contributed by atoms with Crippen molar-refractivity contribution in [3.8, 4) is 0 Å². The third-order valence-electron chi connectivity index (χ3n) is 14.8. The van der Waals surface area contributed by atoms with Crippen molar-refractivity contribution in [1.29, 1.82) is 0 Å². The van der Waals surface area contributed by atoms with Crippen LogP contribution in [0, 0.1) is 0 Å². The van der Waals surface area contributed by atoms with E-state index in [-0.39, 0.29) is 19.1 Å². The number of phosphoric acid groups is 1. The molecule has 0 saturated carbocycles. The van der Waals surface area contributed by atoms with E-state index in [1.54, 1.807) is 0 Å². The molecule has 0 aliphatic rings. The maximum absolute atomic E-state index is 12.9. The van der Waals surface area contributed by atoms with Crippen LogP contribution in [0.4, 0.5) is 0 Å². The van der Waals surface area contributed by atoms with E-state index in [9.17, 15) is 19.4 Å². The number of unbranched alkanes of at least 4 members (excludes halogenated alkanes) is 46. The minimum atomic E-state index is -4.56. The summed E-state index contributed by atoms with van der Waals surface area (Å²) in [5.74, 6) is -0.158. The summed E-state index contributed by atoms with van der Waals surface area (Å²) >= 11 is 0. The molecule has 9 heteroatoms. The van der Waals surface area contributed by atoms with Gasteiger partial charge in [0.25, 0.3) is 7.82 Å². The van der Waals surface area contributed by atoms with Gasteiger partial charge in [-0.15, -0.1) is 0 Å². The van der Waals surface area contributed by atoms with Gasteiger partial charge in [0.15, 0.2) is 0 Å². The predicted molar refractivity (Wildman–Crippen MR) is 303 cm³/mol. The number of hydrogen-bond acceptors (Lipinski definition) is 6. The highest BCUT2D eigenvalue weighted by Gasteiger charge is 2.24. The molecule has 8 nitrogen and oxygen atoms in total. The van der Waals surface area contributed by atoms with Gasteiger partial charge in [-0.3, -0.25) is 9.36 Å². The Labute approximate surface area is 438 Å². The fourth-order valence-corrected chi connectivity index (χ4v) is 10.7. The van der Waals surface area contributed by atoms with Gasteiger partial charge >= 0.3 is 0 Å². The van der Waals surface area contributed by atoms with Crippen molar-refractivity contribution in [2.24, 2.45) is 0 Å². The molecule has 0 fully saturated rings. The third-order valence-corrected chi connectivity index (χ3v) is 15.8. The molecule has 0 aromatic carbocycles. The molecule has 0 aromatic rings. The number of aliphatic hydroxyl groups is 1. The Morgan fingerprint density at radius 3 is 0.971 bits per heavy atom. The molecule has 3 atom stereocenters. The number of nitrogens with zero attached hydrogens (tertiary/aromatic N) is 1. The normalized spacial score (nSPS) is 13.8. The van der Waals surface area contributed by atoms with E-state index in [2.05, 4.69) is 19.2 Å². The standard InChI is InChI=1S/C61H125N2O6P/c1-6-8-10-12-14-16-18-19-20-21-22-23-24-25-26-27-28-29-30-31-32-33-34-35-36-37-38-39-40-41-42-43-44-45-47-49-51-53-55-61(65)62-59(58-69-70(66,67)68-57-56-63(3,4)5)60(64)54-52-50-48-46-17-15-13-11-9-7-2/h59-60,64H,6-58H2,1-5H3,(H-,62,65,66,67). The molecule has 70 heavy (non-hydrogen) atoms. The molecular formula is C61H125N2O6P. The molecule has 0 bridgehead atoms. The van der Waals surface area contributed by atoms with Crippen molar-refractivity contribution in [3.63, 3.8) is 0 Å². The van der Waals surface area contributed by atoms with Crippen molar-refractivity contribution < 1.29 is 32.9 Å². The average molecular weight is 1010 g/mol. The third kappa shape index (κ3) is 55.3. The molecule has 420 valence electrons. The monoisotopic (exact) mass is 1010 g/mol. The zero-order chi connectivity index (χ0) is 51.3. The summed E-state index contributed by atoms with van der Waals surface area (Å²) < 4.78 is 23.3. The highest BCUT2D eigenvalue weighted by Crippen LogP contribution is 2.38. The summed E-state index contributed by atoms with van der Waals surface area (Å²) in [5, 5.41) is 13.9. The molecule has 0 aliphatic heterocycles. The molecule has 0 spiro atoms. The van der Waals surface area contributed by atoms with Gasteiger partial charge in [-0.25, -0.2) is 0 Å². The number of carbonyl (C=O) groups is 1. The van der Waals surface area contributed by atoms with Crippen LogP contribution in [0.5, 0.6) is 0 Å². The Morgan fingerprint density at radius 2 is 0.700 bits per heavy atom. The zero-order valence-electron chi connectivity index (χ0n) is 48.0. The van der Waals surface area contributed by atoms with Gasteiger partial charge in [0, 0.05) is 6.42 Å². The summed E-state index contributed by atoms with van der Waals surface area (Å²) in [5.41, 5.74) is 0. The van der Waals surface area contributed by atoms with E-state index in [1.807, 2.05) is 21.1 Å². The number of phosphoric ester groups is 1. The van der Waals surface area contributed by atoms with Gasteiger partial charge in [0.2, 0.25) is 5.91 Å². The summed E-state index contributed by atoms with van der Waals surface area (Å²) in [6, 6.07) is -0.793. The Bertz CT molecular complexity index is 1100. The predicted octanol–water partition coefficient (Wildman–Crippen LogP) is 18.6. The van der Waals surface area contributed by atoms with Gasteiger partial charge in [-0.05, 0) is 12.8 Å². The number of nitrogens with one attached hydrogen (secondary N) is 1. The van der Waals surface area contributed by atoms with Crippen molar-refractivity contribution in [3.05, 3.63) is 0 Å². The lowest BCUT2D eigenvalue weighted by atomic mass is 10.0. The fraction of sp³-hybridized carbons (Fsp3) is 0.984. The number of carbonyl (C=O) groups excluding carboxylic acids is 1. The molecule has 0 heterocycles. The summed E-state index contributed by atoms with van der Waals surface area (Å²) in [6.07, 6.45) is 64.8. The summed E-state index contributed by atoms with van der Waals surface area (Å²) in [6.45, 7) is 4.75. The molecule has 3 unspecified atom stereocenters. The SMILES string of the molecule is CCCCCCCCCCCCCCCCCCCCCCCCCCCCCCCCCCCCCCCCC(=O)NC(COP(=O)([O-])OCC[N+](C)(C)C)C(O)CCCCCCCCCCCC. The number of aliphatic hydroxyl groups excluding tert-OH is 1. The van der Waals surface area contributed by atoms with Gasteiger partial charge in [-0.2, -0.15) is 0 Å². The number of amides is 1. The van der Waals surface area contributed by atoms with E-state index in [0.29, 0.717) is 23.9 Å². The van der Waals surface area contributed by atoms with E-state index in [1.165, 1.54) is 270 Å². The van der Waals surface area contributed by atoms with Crippen LogP contribution in [0.25, 0.3) is 0 Å². The first-order valence-corrected chi connectivity index (χ1v) is 32.8. The van der Waals surface area contributed by atoms with E-state index in [0.717, 1.165) is 38.5 Å². The van der Waals surface area contributed by atoms with Gasteiger partial charge in [-0.1, -0.05) is 316 Å². The number of hydrogen-bond donors (Lipinski definition) is 2. The number of likely N-dealkylation sites (N-methyl/N-ethyl adjacent to an activating group) is 1. The first-order chi connectivity index (χ1) is 34.0. The minimum Gasteiger partial charge on any atom is -0.756 e. The largest absolute Gasteiger partial charge is 0.756 e. The molecule has 1 amide bonds. The molecule has 2 N–H and O–H groups in total. The maximum Gasteiger partial charge on any atom is 0.268 e. The maximum atomic E-state index is 12.9. The summed E-state index contributed by atoms with van der Waals surface area (Å²) in [4.78, 5) is 25.4. The highest BCUT2D eigenvalue weighted by atomic mass is 31.2. The van der Waals surface area contributed by atoms with Crippen LogP contribution in [0.3, 0.4) is 0 Å². The second kappa shape index (κ2) is 53.3. The first kappa shape index (κ1) is 69.5. The molecule has 0 aromatic heterocycles. The Balaban J connectivity index is 3.75. The van der Waals surface area contributed by atoms with Crippen LogP contribution < -0.4 is 10.2 Å². The molecule has 0 rings (SSSR count). The van der Waals surface area contributed by atoms with Gasteiger partial charge in [0.1, 0.15) is 13.2 Å². The lowest BCUT2D eigenvalue weighted by molar-refractivity contribution is -0.870. The van der Waals surface area contributed by atoms with Gasteiger partial charge < -0.3 is 28.8 Å². The van der Waals surface area contributed by atoms with E-state index in [4.69, 9.17) is 9.05 Å². The van der Waals surface area contributed by atoms with Crippen LogP contribution in [0.2, 0.25) is 0 Å². The average Bonchev–Trinajstić information content (AvgIpc) is 3.32. The Morgan fingerprint density at radius 1 is 0.443 bits per heavy atom. The first-order valence-electron chi connectivity index (χ1n) is 31.4. The summed E-state index contributed by atoms with van der Waals surface area (Å²) in [7, 11) is 1.32. The lowest BCUT2D eigenvalue weighted by Crippen LogP contribution is -2.46. The smallest absolute Gasteiger partial charge is 0.268 e. The van der Waals surface area contributed by atoms with Crippen LogP contribution in [0.15, 0.2) is 0 Å². The lowest BCUT2D eigenvalue weighted by Gasteiger charge is -2.30. The zero-order valence-corrected chi connectivity index (χ0v) is 48.9. The van der Waals surface area contributed by atoms with Crippen LogP contribution in [-0.4, -0.2) is 68.5 Å². The highest BCUT2D eigenvalue weighted by molar-refractivity contribution is 7.45. The van der Waals surface area contributed by atoms with Crippen LogP contribution in [0.1, 0.15) is 335 Å². The second-order valence-corrected chi connectivity index (χ2v) is 24.5. The molecule has 0 aliphatic carbocycles. The van der Waals surface area contributed by atoms with E-state index < -0.39 is 20.0 Å². The molecule has 0 radical (unpaired) electrons. The Hall–Kier alpha value is -0.500. The topological polar surface area (TPSA) is 108 Å². The Kier molecular flexibility index (Phi) is 52.9. The molecular weight excluding hydrogens is 888 g/mol. The molecule has 0 saturated heterocycles. The number of quaternary nitrogens is 1. The van der Waals surface area contributed by atoms with Crippen molar-refractivity contribution in [2.45, 2.75) is 347 Å². The minimum absolute atomic E-state index is 0.0161. The number of rotatable bonds is 59. The van der Waals surface area contributed by atoms with Crippen molar-refractivity contribution in [1.82, 2.24) is 5.32 Å². The van der Waals surface area contributed by atoms with E-state index >= 15 is 0 Å². The fourth-order valence-electron chi connectivity index (χ4n) is 9.93. The van der Waals surface area contributed by atoms with Crippen molar-refractivity contribution in [2.75, 3.05) is 40.9 Å². The van der Waals surface area contributed by atoms with Gasteiger partial charge in [0.05, 0.1) is 39.9 Å².